The minimum atomic E-state index is -0.792. The van der Waals surface area contributed by atoms with Crippen LogP contribution in [0.25, 0.3) is 0 Å². The fourth-order valence-electron chi connectivity index (χ4n) is 1.34. The average Bonchev–Trinajstić information content (AvgIpc) is 2.28. The van der Waals surface area contributed by atoms with Crippen LogP contribution in [0.2, 0.25) is 0 Å². The van der Waals surface area contributed by atoms with Crippen LogP contribution >= 0.6 is 0 Å². The van der Waals surface area contributed by atoms with Gasteiger partial charge in [-0.2, -0.15) is 0 Å². The number of rotatable bonds is 3. The molecule has 1 aliphatic rings. The van der Waals surface area contributed by atoms with E-state index in [2.05, 4.69) is 5.32 Å². The van der Waals surface area contributed by atoms with Gasteiger partial charge < -0.3 is 15.2 Å². The van der Waals surface area contributed by atoms with Gasteiger partial charge in [-0.1, -0.05) is 0 Å². The molecule has 1 unspecified atom stereocenters. The molecule has 1 rings (SSSR count). The number of hydrogen-bond donors (Lipinski definition) is 2. The molecule has 0 aromatic heterocycles. The highest BCUT2D eigenvalue weighted by atomic mass is 16.5. The lowest BCUT2D eigenvalue weighted by Crippen LogP contribution is -2.33. The highest BCUT2D eigenvalue weighted by Crippen LogP contribution is 2.07. The molecule has 0 aliphatic carbocycles. The number of carboxylic acid groups (broad SMARTS) is 1. The highest BCUT2D eigenvalue weighted by molar-refractivity contribution is 5.69. The average molecular weight is 173 g/mol. The van der Waals surface area contributed by atoms with Gasteiger partial charge >= 0.3 is 5.97 Å². The molecule has 0 aromatic rings. The van der Waals surface area contributed by atoms with Gasteiger partial charge in [0.2, 0.25) is 0 Å². The first-order valence-electron chi connectivity index (χ1n) is 4.32. The van der Waals surface area contributed by atoms with E-state index in [1.54, 1.807) is 0 Å². The van der Waals surface area contributed by atoms with Gasteiger partial charge in [-0.15, -0.1) is 0 Å². The summed E-state index contributed by atoms with van der Waals surface area (Å²) >= 11 is 0. The predicted octanol–water partition coefficient (Wildman–Crippen LogP) is 0.230. The summed E-state index contributed by atoms with van der Waals surface area (Å²) in [6.07, 6.45) is 2.97. The minimum absolute atomic E-state index is 0.0602. The zero-order valence-electron chi connectivity index (χ0n) is 7.08. The number of nitrogens with one attached hydrogen (secondary N) is 1. The van der Waals surface area contributed by atoms with E-state index in [4.69, 9.17) is 9.84 Å². The first-order chi connectivity index (χ1) is 5.79. The molecule has 1 saturated heterocycles. The highest BCUT2D eigenvalue weighted by Gasteiger charge is 2.12. The number of carboxylic acids is 1. The van der Waals surface area contributed by atoms with Crippen LogP contribution in [0.5, 0.6) is 0 Å². The van der Waals surface area contributed by atoms with Gasteiger partial charge in [0.25, 0.3) is 0 Å². The van der Waals surface area contributed by atoms with E-state index in [-0.39, 0.29) is 6.54 Å². The summed E-state index contributed by atoms with van der Waals surface area (Å²) in [5.74, 6) is -0.792. The Hall–Kier alpha value is -0.610. The lowest BCUT2D eigenvalue weighted by Gasteiger charge is -2.13. The Morgan fingerprint density at radius 1 is 1.50 bits per heavy atom. The second-order valence-corrected chi connectivity index (χ2v) is 3.01. The zero-order valence-corrected chi connectivity index (χ0v) is 7.08. The molecule has 70 valence electrons. The van der Waals surface area contributed by atoms with Crippen LogP contribution in [0.1, 0.15) is 19.3 Å². The second-order valence-electron chi connectivity index (χ2n) is 3.01. The van der Waals surface area contributed by atoms with Gasteiger partial charge in [-0.05, 0) is 19.3 Å². The molecule has 1 aliphatic heterocycles. The zero-order chi connectivity index (χ0) is 8.81. The van der Waals surface area contributed by atoms with Crippen molar-refractivity contribution in [1.82, 2.24) is 5.32 Å². The predicted molar refractivity (Wildman–Crippen MR) is 44.1 cm³/mol. The number of aliphatic carboxylic acids is 1. The summed E-state index contributed by atoms with van der Waals surface area (Å²) in [6.45, 7) is 1.62. The number of carbonyl (C=O) groups is 1. The Morgan fingerprint density at radius 2 is 2.33 bits per heavy atom. The third-order valence-electron chi connectivity index (χ3n) is 1.99. The lowest BCUT2D eigenvalue weighted by atomic mass is 10.1. The van der Waals surface area contributed by atoms with Crippen molar-refractivity contribution in [1.29, 1.82) is 0 Å². The summed E-state index contributed by atoms with van der Waals surface area (Å²) in [5.41, 5.74) is 0. The first-order valence-corrected chi connectivity index (χ1v) is 4.32. The summed E-state index contributed by atoms with van der Waals surface area (Å²) in [6, 6.07) is 0.323. The maximum Gasteiger partial charge on any atom is 0.317 e. The molecule has 0 aromatic carbocycles. The van der Waals surface area contributed by atoms with Gasteiger partial charge in [0.05, 0.1) is 6.54 Å². The van der Waals surface area contributed by atoms with Crippen molar-refractivity contribution >= 4 is 5.97 Å². The summed E-state index contributed by atoms with van der Waals surface area (Å²) in [7, 11) is 0. The van der Waals surface area contributed by atoms with E-state index in [1.165, 1.54) is 0 Å². The lowest BCUT2D eigenvalue weighted by molar-refractivity contribution is -0.136. The van der Waals surface area contributed by atoms with E-state index >= 15 is 0 Å². The van der Waals surface area contributed by atoms with Gasteiger partial charge in [0.1, 0.15) is 0 Å². The van der Waals surface area contributed by atoms with Crippen LogP contribution < -0.4 is 5.32 Å². The molecule has 4 heteroatoms. The fourth-order valence-corrected chi connectivity index (χ4v) is 1.34. The quantitative estimate of drug-likeness (QED) is 0.641. The van der Waals surface area contributed by atoms with E-state index in [9.17, 15) is 4.79 Å². The van der Waals surface area contributed by atoms with Crippen molar-refractivity contribution in [3.8, 4) is 0 Å². The molecule has 12 heavy (non-hydrogen) atoms. The first kappa shape index (κ1) is 9.48. The van der Waals surface area contributed by atoms with Crippen LogP contribution in [-0.4, -0.2) is 36.9 Å². The van der Waals surface area contributed by atoms with Crippen molar-refractivity contribution in [2.75, 3.05) is 19.8 Å². The minimum Gasteiger partial charge on any atom is -0.480 e. The molecule has 1 fully saturated rings. The SMILES string of the molecule is O=C(O)CNC1CCCOCC1. The van der Waals surface area contributed by atoms with Gasteiger partial charge in [-0.3, -0.25) is 4.79 Å². The monoisotopic (exact) mass is 173 g/mol. The van der Waals surface area contributed by atoms with Crippen LogP contribution in [0, 0.1) is 0 Å². The van der Waals surface area contributed by atoms with Crippen molar-refractivity contribution < 1.29 is 14.6 Å². The third-order valence-corrected chi connectivity index (χ3v) is 1.99. The molecule has 0 saturated carbocycles. The maximum absolute atomic E-state index is 10.2. The Kier molecular flexibility index (Phi) is 4.04. The molecular formula is C8H15NO3. The summed E-state index contributed by atoms with van der Waals surface area (Å²) < 4.78 is 5.24. The third kappa shape index (κ3) is 3.69. The van der Waals surface area contributed by atoms with E-state index in [1.807, 2.05) is 0 Å². The van der Waals surface area contributed by atoms with E-state index < -0.39 is 5.97 Å². The van der Waals surface area contributed by atoms with Crippen LogP contribution in [-0.2, 0) is 9.53 Å². The summed E-state index contributed by atoms with van der Waals surface area (Å²) in [4.78, 5) is 10.2. The second kappa shape index (κ2) is 5.11. The van der Waals surface area contributed by atoms with Crippen molar-refractivity contribution in [3.05, 3.63) is 0 Å². The molecule has 0 radical (unpaired) electrons. The van der Waals surface area contributed by atoms with Crippen LogP contribution in [0.3, 0.4) is 0 Å². The van der Waals surface area contributed by atoms with E-state index in [0.29, 0.717) is 6.04 Å². The van der Waals surface area contributed by atoms with Gasteiger partial charge in [-0.25, -0.2) is 0 Å². The molecule has 4 nitrogen and oxygen atoms in total. The molecular weight excluding hydrogens is 158 g/mol. The smallest absolute Gasteiger partial charge is 0.317 e. The Labute approximate surface area is 71.9 Å². The Bertz CT molecular complexity index is 141. The molecule has 0 bridgehead atoms. The van der Waals surface area contributed by atoms with Crippen molar-refractivity contribution in [2.45, 2.75) is 25.3 Å². The van der Waals surface area contributed by atoms with Crippen LogP contribution in [0.15, 0.2) is 0 Å². The standard InChI is InChI=1S/C8H15NO3/c10-8(11)6-9-7-2-1-4-12-5-3-7/h7,9H,1-6H2,(H,10,11). The van der Waals surface area contributed by atoms with Crippen molar-refractivity contribution in [2.24, 2.45) is 0 Å². The summed E-state index contributed by atoms with van der Waals surface area (Å²) in [5, 5.41) is 11.4. The fraction of sp³-hybridized carbons (Fsp3) is 0.875. The largest absolute Gasteiger partial charge is 0.480 e. The molecule has 1 atom stereocenters. The molecule has 2 N–H and O–H groups in total. The van der Waals surface area contributed by atoms with Crippen molar-refractivity contribution in [3.63, 3.8) is 0 Å². The topological polar surface area (TPSA) is 58.6 Å². The normalized spacial score (nSPS) is 24.8. The number of ether oxygens (including phenoxy) is 1. The van der Waals surface area contributed by atoms with Gasteiger partial charge in [0.15, 0.2) is 0 Å². The van der Waals surface area contributed by atoms with E-state index in [0.717, 1.165) is 32.5 Å². The number of hydrogen-bond acceptors (Lipinski definition) is 3. The molecule has 0 spiro atoms. The maximum atomic E-state index is 10.2. The Morgan fingerprint density at radius 3 is 3.08 bits per heavy atom. The van der Waals surface area contributed by atoms with Gasteiger partial charge in [0, 0.05) is 19.3 Å². The van der Waals surface area contributed by atoms with Crippen LogP contribution in [0.4, 0.5) is 0 Å². The Balaban J connectivity index is 2.16. The molecule has 0 amide bonds. The molecule has 1 heterocycles.